The lowest BCUT2D eigenvalue weighted by Gasteiger charge is -2.06. The van der Waals surface area contributed by atoms with Gasteiger partial charge in [0, 0.05) is 12.5 Å². The second-order valence-corrected chi connectivity index (χ2v) is 4.20. The van der Waals surface area contributed by atoms with Crippen molar-refractivity contribution >= 4 is 11.6 Å². The van der Waals surface area contributed by atoms with Crippen LogP contribution in [-0.2, 0) is 4.79 Å². The van der Waals surface area contributed by atoms with Gasteiger partial charge in [-0.25, -0.2) is 0 Å². The molecule has 0 saturated carbocycles. The second kappa shape index (κ2) is 5.48. The highest BCUT2D eigenvalue weighted by molar-refractivity contribution is 6.43. The topological polar surface area (TPSA) is 43.4 Å². The minimum atomic E-state index is -0.468. The van der Waals surface area contributed by atoms with Gasteiger partial charge in [-0.1, -0.05) is 30.3 Å². The van der Waals surface area contributed by atoms with Crippen LogP contribution in [0.25, 0.3) is 11.1 Å². The summed E-state index contributed by atoms with van der Waals surface area (Å²) in [6.07, 6.45) is 0. The van der Waals surface area contributed by atoms with Crippen LogP contribution in [0.2, 0.25) is 0 Å². The van der Waals surface area contributed by atoms with E-state index in [1.165, 1.54) is 6.92 Å². The normalized spacial score (nSPS) is 10.0. The summed E-state index contributed by atoms with van der Waals surface area (Å²) in [5, 5.41) is 0. The van der Waals surface area contributed by atoms with E-state index < -0.39 is 11.6 Å². The van der Waals surface area contributed by atoms with E-state index in [9.17, 15) is 9.59 Å². The number of hydrogen-bond donors (Lipinski definition) is 0. The van der Waals surface area contributed by atoms with Gasteiger partial charge in [0.2, 0.25) is 5.78 Å². The molecular formula is C16H14O3. The molecule has 0 N–H and O–H groups in total. The molecule has 19 heavy (non-hydrogen) atoms. The van der Waals surface area contributed by atoms with Crippen LogP contribution in [-0.4, -0.2) is 18.7 Å². The highest BCUT2D eigenvalue weighted by Gasteiger charge is 2.11. The molecule has 0 radical (unpaired) electrons. The smallest absolute Gasteiger partial charge is 0.228 e. The lowest BCUT2D eigenvalue weighted by Crippen LogP contribution is -2.09. The highest BCUT2D eigenvalue weighted by atomic mass is 16.5. The largest absolute Gasteiger partial charge is 0.497 e. The molecule has 0 aliphatic heterocycles. The van der Waals surface area contributed by atoms with Gasteiger partial charge in [-0.15, -0.1) is 0 Å². The van der Waals surface area contributed by atoms with Gasteiger partial charge in [-0.05, 0) is 29.3 Å². The maximum atomic E-state index is 11.7. The Balaban J connectivity index is 2.43. The molecule has 0 amide bonds. The molecule has 3 heteroatoms. The first-order chi connectivity index (χ1) is 9.11. The Morgan fingerprint density at radius 3 is 2.21 bits per heavy atom. The molecule has 3 nitrogen and oxygen atoms in total. The second-order valence-electron chi connectivity index (χ2n) is 4.20. The number of rotatable bonds is 4. The third kappa shape index (κ3) is 2.88. The summed E-state index contributed by atoms with van der Waals surface area (Å²) in [5.74, 6) is -0.173. The molecule has 2 aromatic carbocycles. The van der Waals surface area contributed by atoms with Gasteiger partial charge >= 0.3 is 0 Å². The minimum Gasteiger partial charge on any atom is -0.497 e. The van der Waals surface area contributed by atoms with Gasteiger partial charge in [-0.2, -0.15) is 0 Å². The molecule has 0 saturated heterocycles. The molecular weight excluding hydrogens is 240 g/mol. The highest BCUT2D eigenvalue weighted by Crippen LogP contribution is 2.24. The molecule has 0 unspecified atom stereocenters. The van der Waals surface area contributed by atoms with Gasteiger partial charge in [0.05, 0.1) is 7.11 Å². The minimum absolute atomic E-state index is 0.410. The van der Waals surface area contributed by atoms with E-state index in [2.05, 4.69) is 0 Å². The van der Waals surface area contributed by atoms with Crippen LogP contribution < -0.4 is 4.74 Å². The number of carbonyl (C=O) groups excluding carboxylic acids is 2. The first-order valence-corrected chi connectivity index (χ1v) is 5.91. The van der Waals surface area contributed by atoms with E-state index in [1.54, 1.807) is 25.3 Å². The van der Waals surface area contributed by atoms with Crippen molar-refractivity contribution < 1.29 is 14.3 Å². The molecule has 0 bridgehead atoms. The van der Waals surface area contributed by atoms with Crippen LogP contribution in [0.4, 0.5) is 0 Å². The summed E-state index contributed by atoms with van der Waals surface area (Å²) >= 11 is 0. The molecule has 96 valence electrons. The summed E-state index contributed by atoms with van der Waals surface area (Å²) in [6, 6.07) is 14.6. The molecule has 0 spiro atoms. The lowest BCUT2D eigenvalue weighted by molar-refractivity contribution is -0.113. The molecule has 0 aliphatic carbocycles. The molecule has 0 atom stereocenters. The van der Waals surface area contributed by atoms with Crippen molar-refractivity contribution in [3.8, 4) is 16.9 Å². The Hall–Kier alpha value is -2.42. The molecule has 2 rings (SSSR count). The average Bonchev–Trinajstić information content (AvgIpc) is 2.46. The summed E-state index contributed by atoms with van der Waals surface area (Å²) < 4.78 is 5.17. The van der Waals surface area contributed by atoms with E-state index in [-0.39, 0.29) is 0 Å². The van der Waals surface area contributed by atoms with Gasteiger partial charge in [0.25, 0.3) is 0 Å². The van der Waals surface area contributed by atoms with Crippen molar-refractivity contribution in [3.05, 3.63) is 54.1 Å². The first kappa shape index (κ1) is 13.0. The van der Waals surface area contributed by atoms with Gasteiger partial charge in [0.15, 0.2) is 5.78 Å². The number of Topliss-reactive ketones (excluding diaryl/α,β-unsaturated/α-hetero) is 2. The summed E-state index contributed by atoms with van der Waals surface area (Å²) in [7, 11) is 1.61. The zero-order valence-electron chi connectivity index (χ0n) is 10.8. The number of benzene rings is 2. The maximum absolute atomic E-state index is 11.7. The van der Waals surface area contributed by atoms with Crippen molar-refractivity contribution in [2.24, 2.45) is 0 Å². The molecule has 0 aromatic heterocycles. The fourth-order valence-electron chi connectivity index (χ4n) is 1.85. The van der Waals surface area contributed by atoms with Crippen LogP contribution in [0.5, 0.6) is 5.75 Å². The van der Waals surface area contributed by atoms with E-state index >= 15 is 0 Å². The van der Waals surface area contributed by atoms with Crippen molar-refractivity contribution in [2.45, 2.75) is 6.92 Å². The zero-order chi connectivity index (χ0) is 13.8. The van der Waals surface area contributed by atoms with E-state index in [4.69, 9.17) is 4.74 Å². The Bertz CT molecular complexity index is 629. The van der Waals surface area contributed by atoms with Crippen molar-refractivity contribution in [1.82, 2.24) is 0 Å². The third-order valence-corrected chi connectivity index (χ3v) is 2.85. The number of ether oxygens (including phenoxy) is 1. The first-order valence-electron chi connectivity index (χ1n) is 5.91. The van der Waals surface area contributed by atoms with E-state index in [1.807, 2.05) is 30.3 Å². The number of hydrogen-bond acceptors (Lipinski definition) is 3. The van der Waals surface area contributed by atoms with E-state index in [0.29, 0.717) is 5.56 Å². The quantitative estimate of drug-likeness (QED) is 0.622. The lowest BCUT2D eigenvalue weighted by atomic mass is 10.00. The Kier molecular flexibility index (Phi) is 3.76. The van der Waals surface area contributed by atoms with Crippen LogP contribution in [0.3, 0.4) is 0 Å². The summed E-state index contributed by atoms with van der Waals surface area (Å²) in [6.45, 7) is 1.28. The predicted molar refractivity (Wildman–Crippen MR) is 73.4 cm³/mol. The SMILES string of the molecule is COc1cccc(-c2cccc(C(=O)C(C)=O)c2)c1. The molecule has 0 aliphatic rings. The molecule has 0 heterocycles. The van der Waals surface area contributed by atoms with Crippen molar-refractivity contribution in [2.75, 3.05) is 7.11 Å². The van der Waals surface area contributed by atoms with Crippen LogP contribution in [0, 0.1) is 0 Å². The Morgan fingerprint density at radius 1 is 0.947 bits per heavy atom. The zero-order valence-corrected chi connectivity index (χ0v) is 10.8. The third-order valence-electron chi connectivity index (χ3n) is 2.85. The summed E-state index contributed by atoms with van der Waals surface area (Å²) in [5.41, 5.74) is 2.23. The van der Waals surface area contributed by atoms with Crippen LogP contribution in [0.1, 0.15) is 17.3 Å². The van der Waals surface area contributed by atoms with Gasteiger partial charge in [0.1, 0.15) is 5.75 Å². The molecule has 2 aromatic rings. The van der Waals surface area contributed by atoms with Crippen LogP contribution >= 0.6 is 0 Å². The number of carbonyl (C=O) groups is 2. The fraction of sp³-hybridized carbons (Fsp3) is 0.125. The summed E-state index contributed by atoms with van der Waals surface area (Å²) in [4.78, 5) is 22.8. The van der Waals surface area contributed by atoms with E-state index in [0.717, 1.165) is 16.9 Å². The standard InChI is InChI=1S/C16H14O3/c1-11(17)16(18)14-7-3-5-12(9-14)13-6-4-8-15(10-13)19-2/h3-10H,1-2H3. The van der Waals surface area contributed by atoms with Crippen LogP contribution in [0.15, 0.2) is 48.5 Å². The average molecular weight is 254 g/mol. The maximum Gasteiger partial charge on any atom is 0.228 e. The number of methoxy groups -OCH3 is 1. The Morgan fingerprint density at radius 2 is 1.58 bits per heavy atom. The predicted octanol–water partition coefficient (Wildman–Crippen LogP) is 3.13. The fourth-order valence-corrected chi connectivity index (χ4v) is 1.85. The monoisotopic (exact) mass is 254 g/mol. The van der Waals surface area contributed by atoms with Crippen molar-refractivity contribution in [3.63, 3.8) is 0 Å². The van der Waals surface area contributed by atoms with Crippen molar-refractivity contribution in [1.29, 1.82) is 0 Å². The Labute approximate surface area is 111 Å². The van der Waals surface area contributed by atoms with Gasteiger partial charge < -0.3 is 4.74 Å². The number of ketones is 2. The van der Waals surface area contributed by atoms with Gasteiger partial charge in [-0.3, -0.25) is 9.59 Å². The molecule has 0 fully saturated rings.